The summed E-state index contributed by atoms with van der Waals surface area (Å²) >= 11 is 0. The molecule has 34 heavy (non-hydrogen) atoms. The number of carbonyl (C=O) groups is 2. The van der Waals surface area contributed by atoms with Gasteiger partial charge in [-0.3, -0.25) is 4.79 Å². The lowest BCUT2D eigenvalue weighted by atomic mass is 9.86. The molecule has 1 aliphatic rings. The molecule has 0 aliphatic heterocycles. The first-order valence-electron chi connectivity index (χ1n) is 12.0. The van der Waals surface area contributed by atoms with E-state index in [4.69, 9.17) is 0 Å². The van der Waals surface area contributed by atoms with Gasteiger partial charge in [-0.1, -0.05) is 86.7 Å². The van der Waals surface area contributed by atoms with Gasteiger partial charge in [0, 0.05) is 12.8 Å². The fourth-order valence-electron chi connectivity index (χ4n) is 4.63. The van der Waals surface area contributed by atoms with Crippen molar-refractivity contribution in [2.45, 2.75) is 58.4 Å². The second-order valence-electron chi connectivity index (χ2n) is 8.96. The number of carboxylic acids is 1. The number of hydrogen-bond donors (Lipinski definition) is 1. The van der Waals surface area contributed by atoms with Gasteiger partial charge in [-0.05, 0) is 35.6 Å². The summed E-state index contributed by atoms with van der Waals surface area (Å²) in [6, 6.07) is 14.8. The lowest BCUT2D eigenvalue weighted by molar-refractivity contribution is 0.0697. The third kappa shape index (κ3) is 5.68. The van der Waals surface area contributed by atoms with Gasteiger partial charge in [-0.2, -0.15) is 0 Å². The van der Waals surface area contributed by atoms with Crippen molar-refractivity contribution in [3.63, 3.8) is 0 Å². The van der Waals surface area contributed by atoms with Gasteiger partial charge < -0.3 is 5.11 Å². The molecule has 2 aromatic carbocycles. The third-order valence-electron chi connectivity index (χ3n) is 6.50. The number of rotatable bonds is 9. The van der Waals surface area contributed by atoms with Crippen LogP contribution in [-0.4, -0.2) is 31.6 Å². The Kier molecular flexibility index (Phi) is 7.68. The fourth-order valence-corrected chi connectivity index (χ4v) is 4.63. The highest BCUT2D eigenvalue weighted by atomic mass is 16.4. The van der Waals surface area contributed by atoms with E-state index in [1.165, 1.54) is 19.3 Å². The van der Waals surface area contributed by atoms with Crippen molar-refractivity contribution in [3.05, 3.63) is 83.5 Å². The zero-order chi connectivity index (χ0) is 23.9. The monoisotopic (exact) mass is 457 g/mol. The number of Topliss-reactive ketones (excluding diaryl/α,β-unsaturated/α-hetero) is 1. The van der Waals surface area contributed by atoms with E-state index in [0.717, 1.165) is 29.8 Å². The molecule has 1 aromatic heterocycles. The SMILES string of the molecule is CC=CCn1nc(C(=O)CC2CCCCC2)nc1Cc1ccc(-c2ccccc2C(=O)O)cc1. The number of ketones is 1. The van der Waals surface area contributed by atoms with E-state index in [0.29, 0.717) is 36.7 Å². The largest absolute Gasteiger partial charge is 0.478 e. The summed E-state index contributed by atoms with van der Waals surface area (Å²) in [6.07, 6.45) is 11.0. The van der Waals surface area contributed by atoms with Crippen LogP contribution < -0.4 is 0 Å². The van der Waals surface area contributed by atoms with Crippen LogP contribution in [0.4, 0.5) is 0 Å². The zero-order valence-electron chi connectivity index (χ0n) is 19.6. The third-order valence-corrected chi connectivity index (χ3v) is 6.50. The van der Waals surface area contributed by atoms with Crippen molar-refractivity contribution in [3.8, 4) is 11.1 Å². The van der Waals surface area contributed by atoms with Crippen molar-refractivity contribution >= 4 is 11.8 Å². The summed E-state index contributed by atoms with van der Waals surface area (Å²) in [5.41, 5.74) is 2.84. The molecule has 1 N–H and O–H groups in total. The predicted octanol–water partition coefficient (Wildman–Crippen LogP) is 5.96. The van der Waals surface area contributed by atoms with Crippen LogP contribution in [-0.2, 0) is 13.0 Å². The number of aromatic nitrogens is 3. The van der Waals surface area contributed by atoms with Crippen LogP contribution in [0.2, 0.25) is 0 Å². The normalized spacial score (nSPS) is 14.5. The van der Waals surface area contributed by atoms with E-state index in [2.05, 4.69) is 10.1 Å². The molecule has 3 aromatic rings. The van der Waals surface area contributed by atoms with Crippen LogP contribution in [0.15, 0.2) is 60.7 Å². The van der Waals surface area contributed by atoms with Gasteiger partial charge in [-0.25, -0.2) is 14.5 Å². The Bertz CT molecular complexity index is 1170. The maximum absolute atomic E-state index is 12.9. The lowest BCUT2D eigenvalue weighted by Crippen LogP contribution is -2.13. The van der Waals surface area contributed by atoms with Gasteiger partial charge >= 0.3 is 5.97 Å². The standard InChI is InChI=1S/C28H31N3O3/c1-2-3-17-31-26(29-27(30-31)25(32)18-20-9-5-4-6-10-20)19-21-13-15-22(16-14-21)23-11-7-8-12-24(23)28(33)34/h2-3,7-8,11-16,20H,4-6,9-10,17-19H2,1H3,(H,33,34). The Morgan fingerprint density at radius 3 is 2.50 bits per heavy atom. The average molecular weight is 458 g/mol. The zero-order valence-corrected chi connectivity index (χ0v) is 19.6. The minimum atomic E-state index is -0.942. The molecule has 4 rings (SSSR count). The Morgan fingerprint density at radius 1 is 1.06 bits per heavy atom. The number of carboxylic acid groups (broad SMARTS) is 1. The maximum Gasteiger partial charge on any atom is 0.336 e. The molecule has 0 bridgehead atoms. The summed E-state index contributed by atoms with van der Waals surface area (Å²) in [6.45, 7) is 2.53. The smallest absolute Gasteiger partial charge is 0.336 e. The number of hydrogen-bond acceptors (Lipinski definition) is 4. The van der Waals surface area contributed by atoms with Crippen LogP contribution >= 0.6 is 0 Å². The second-order valence-corrected chi connectivity index (χ2v) is 8.96. The summed E-state index contributed by atoms with van der Waals surface area (Å²) in [7, 11) is 0. The van der Waals surface area contributed by atoms with Crippen molar-refractivity contribution < 1.29 is 14.7 Å². The molecule has 1 fully saturated rings. The average Bonchev–Trinajstić information content (AvgIpc) is 3.26. The molecule has 0 spiro atoms. The molecule has 1 saturated carbocycles. The van der Waals surface area contributed by atoms with Crippen molar-refractivity contribution in [2.75, 3.05) is 0 Å². The highest BCUT2D eigenvalue weighted by Gasteiger charge is 2.22. The van der Waals surface area contributed by atoms with Gasteiger partial charge in [0.1, 0.15) is 5.82 Å². The molecule has 176 valence electrons. The Balaban J connectivity index is 1.53. The first-order valence-corrected chi connectivity index (χ1v) is 12.0. The molecule has 1 aliphatic carbocycles. The summed E-state index contributed by atoms with van der Waals surface area (Å²) in [5, 5.41) is 14.0. The molecular weight excluding hydrogens is 426 g/mol. The quantitative estimate of drug-likeness (QED) is 0.316. The van der Waals surface area contributed by atoms with Crippen molar-refractivity contribution in [1.82, 2.24) is 14.8 Å². The van der Waals surface area contributed by atoms with E-state index in [1.807, 2.05) is 60.2 Å². The Morgan fingerprint density at radius 2 is 1.79 bits per heavy atom. The number of nitrogens with zero attached hydrogens (tertiary/aromatic N) is 3. The van der Waals surface area contributed by atoms with Crippen LogP contribution in [0.25, 0.3) is 11.1 Å². The van der Waals surface area contributed by atoms with Gasteiger partial charge in [0.15, 0.2) is 0 Å². The molecule has 6 nitrogen and oxygen atoms in total. The van der Waals surface area contributed by atoms with E-state index < -0.39 is 5.97 Å². The maximum atomic E-state index is 12.9. The topological polar surface area (TPSA) is 85.1 Å². The summed E-state index contributed by atoms with van der Waals surface area (Å²) in [4.78, 5) is 29.1. The van der Waals surface area contributed by atoms with Crippen LogP contribution in [0, 0.1) is 5.92 Å². The van der Waals surface area contributed by atoms with Gasteiger partial charge in [0.2, 0.25) is 11.6 Å². The number of carbonyl (C=O) groups excluding carboxylic acids is 1. The molecule has 0 atom stereocenters. The fraction of sp³-hybridized carbons (Fsp3) is 0.357. The predicted molar refractivity (Wildman–Crippen MR) is 132 cm³/mol. The van der Waals surface area contributed by atoms with Crippen molar-refractivity contribution in [1.29, 1.82) is 0 Å². The minimum Gasteiger partial charge on any atom is -0.478 e. The van der Waals surface area contributed by atoms with Gasteiger partial charge in [-0.15, -0.1) is 5.10 Å². The van der Waals surface area contributed by atoms with E-state index in [9.17, 15) is 14.7 Å². The Hall–Kier alpha value is -3.54. The lowest BCUT2D eigenvalue weighted by Gasteiger charge is -2.19. The summed E-state index contributed by atoms with van der Waals surface area (Å²) in [5.74, 6) is 0.615. The molecule has 0 unspecified atom stereocenters. The summed E-state index contributed by atoms with van der Waals surface area (Å²) < 4.78 is 1.81. The first-order chi connectivity index (χ1) is 16.5. The van der Waals surface area contributed by atoms with E-state index in [1.54, 1.807) is 12.1 Å². The molecule has 0 radical (unpaired) electrons. The molecule has 0 saturated heterocycles. The number of aromatic carboxylic acids is 1. The molecular formula is C28H31N3O3. The highest BCUT2D eigenvalue weighted by Crippen LogP contribution is 2.28. The highest BCUT2D eigenvalue weighted by molar-refractivity contribution is 5.96. The molecule has 6 heteroatoms. The van der Waals surface area contributed by atoms with E-state index in [-0.39, 0.29) is 11.3 Å². The van der Waals surface area contributed by atoms with E-state index >= 15 is 0 Å². The van der Waals surface area contributed by atoms with Gasteiger partial charge in [0.25, 0.3) is 0 Å². The molecule has 1 heterocycles. The Labute approximate surface area is 200 Å². The van der Waals surface area contributed by atoms with Gasteiger partial charge in [0.05, 0.1) is 12.1 Å². The van der Waals surface area contributed by atoms with Crippen molar-refractivity contribution in [2.24, 2.45) is 5.92 Å². The second kappa shape index (κ2) is 11.1. The minimum absolute atomic E-state index is 0.0352. The van der Waals surface area contributed by atoms with Crippen LogP contribution in [0.5, 0.6) is 0 Å². The number of benzene rings is 2. The first kappa shape index (κ1) is 23.6. The molecule has 0 amide bonds. The number of allylic oxidation sites excluding steroid dienone is 2. The van der Waals surface area contributed by atoms with Crippen LogP contribution in [0.1, 0.15) is 77.8 Å². The van der Waals surface area contributed by atoms with Crippen LogP contribution in [0.3, 0.4) is 0 Å².